The lowest BCUT2D eigenvalue weighted by molar-refractivity contribution is 0.180. The molecule has 1 unspecified atom stereocenters. The van der Waals surface area contributed by atoms with Crippen molar-refractivity contribution in [3.63, 3.8) is 0 Å². The highest BCUT2D eigenvalue weighted by atomic mass is 16.5. The van der Waals surface area contributed by atoms with Gasteiger partial charge in [0.15, 0.2) is 0 Å². The van der Waals surface area contributed by atoms with Crippen molar-refractivity contribution in [2.75, 3.05) is 33.4 Å². The van der Waals surface area contributed by atoms with Crippen LogP contribution in [0, 0.1) is 5.41 Å². The third-order valence-corrected chi connectivity index (χ3v) is 5.13. The van der Waals surface area contributed by atoms with Gasteiger partial charge in [0.25, 0.3) is 0 Å². The van der Waals surface area contributed by atoms with E-state index in [-0.39, 0.29) is 0 Å². The zero-order chi connectivity index (χ0) is 14.5. The Bertz CT molecular complexity index is 454. The van der Waals surface area contributed by atoms with E-state index in [0.717, 1.165) is 32.1 Å². The summed E-state index contributed by atoms with van der Waals surface area (Å²) < 4.78 is 11.0. The molecule has 1 heterocycles. The SMILES string of the molecule is COCCNCC1(CC2COc3ccccc32)CCCC1. The monoisotopic (exact) mass is 289 g/mol. The summed E-state index contributed by atoms with van der Waals surface area (Å²) in [5, 5.41) is 3.60. The van der Waals surface area contributed by atoms with Crippen molar-refractivity contribution in [1.29, 1.82) is 0 Å². The standard InChI is InChI=1S/C18H27NO2/c1-20-11-10-19-14-18(8-4-5-9-18)12-15-13-21-17-7-3-2-6-16(15)17/h2-3,6-7,15,19H,4-5,8-14H2,1H3. The molecule has 0 bridgehead atoms. The van der Waals surface area contributed by atoms with Gasteiger partial charge in [-0.05, 0) is 30.7 Å². The Balaban J connectivity index is 1.63. The van der Waals surface area contributed by atoms with Gasteiger partial charge in [0.1, 0.15) is 5.75 Å². The van der Waals surface area contributed by atoms with Crippen molar-refractivity contribution >= 4 is 0 Å². The lowest BCUT2D eigenvalue weighted by atomic mass is 9.76. The molecule has 1 aliphatic heterocycles. The van der Waals surface area contributed by atoms with Gasteiger partial charge in [0.05, 0.1) is 13.2 Å². The number of methoxy groups -OCH3 is 1. The fourth-order valence-electron chi connectivity index (χ4n) is 4.03. The molecule has 1 aliphatic carbocycles. The molecule has 116 valence electrons. The second-order valence-corrected chi connectivity index (χ2v) is 6.63. The molecular weight excluding hydrogens is 262 g/mol. The topological polar surface area (TPSA) is 30.5 Å². The van der Waals surface area contributed by atoms with Gasteiger partial charge in [0, 0.05) is 31.7 Å². The molecule has 3 heteroatoms. The predicted molar refractivity (Wildman–Crippen MR) is 84.9 cm³/mol. The van der Waals surface area contributed by atoms with Crippen LogP contribution in [0.25, 0.3) is 0 Å². The molecule has 1 aromatic rings. The Hall–Kier alpha value is -1.06. The Morgan fingerprint density at radius 2 is 2.10 bits per heavy atom. The summed E-state index contributed by atoms with van der Waals surface area (Å²) in [5.74, 6) is 1.67. The number of nitrogens with one attached hydrogen (secondary N) is 1. The van der Waals surface area contributed by atoms with Crippen LogP contribution in [0.4, 0.5) is 0 Å². The molecule has 1 N–H and O–H groups in total. The Kier molecular flexibility index (Phi) is 4.81. The normalized spacial score (nSPS) is 23.0. The molecule has 1 saturated carbocycles. The average Bonchev–Trinajstić information content (AvgIpc) is 3.13. The van der Waals surface area contributed by atoms with Crippen LogP contribution in [0.2, 0.25) is 0 Å². The van der Waals surface area contributed by atoms with Crippen LogP contribution in [0.3, 0.4) is 0 Å². The van der Waals surface area contributed by atoms with E-state index < -0.39 is 0 Å². The minimum absolute atomic E-state index is 0.458. The van der Waals surface area contributed by atoms with Crippen LogP contribution in [0.5, 0.6) is 5.75 Å². The summed E-state index contributed by atoms with van der Waals surface area (Å²) >= 11 is 0. The molecular formula is C18H27NO2. The zero-order valence-corrected chi connectivity index (χ0v) is 13.1. The Labute approximate surface area is 128 Å². The molecule has 21 heavy (non-hydrogen) atoms. The van der Waals surface area contributed by atoms with E-state index in [1.54, 1.807) is 7.11 Å². The molecule has 2 aliphatic rings. The lowest BCUT2D eigenvalue weighted by Crippen LogP contribution is -2.35. The van der Waals surface area contributed by atoms with Crippen molar-refractivity contribution in [2.24, 2.45) is 5.41 Å². The predicted octanol–water partition coefficient (Wildman–Crippen LogP) is 3.35. The summed E-state index contributed by atoms with van der Waals surface area (Å²) in [5.41, 5.74) is 1.87. The minimum atomic E-state index is 0.458. The van der Waals surface area contributed by atoms with Gasteiger partial charge in [-0.1, -0.05) is 31.0 Å². The fourth-order valence-corrected chi connectivity index (χ4v) is 4.03. The molecule has 0 aromatic heterocycles. The van der Waals surface area contributed by atoms with Crippen LogP contribution >= 0.6 is 0 Å². The highest BCUT2D eigenvalue weighted by Gasteiger charge is 2.38. The third kappa shape index (κ3) is 3.41. The first kappa shape index (κ1) is 14.9. The average molecular weight is 289 g/mol. The van der Waals surface area contributed by atoms with Crippen LogP contribution < -0.4 is 10.1 Å². The summed E-state index contributed by atoms with van der Waals surface area (Å²) in [4.78, 5) is 0. The van der Waals surface area contributed by atoms with E-state index >= 15 is 0 Å². The number of rotatable bonds is 7. The smallest absolute Gasteiger partial charge is 0.122 e. The number of para-hydroxylation sites is 1. The van der Waals surface area contributed by atoms with Crippen molar-refractivity contribution in [2.45, 2.75) is 38.0 Å². The van der Waals surface area contributed by atoms with E-state index in [2.05, 4.69) is 29.6 Å². The van der Waals surface area contributed by atoms with Gasteiger partial charge in [-0.15, -0.1) is 0 Å². The van der Waals surface area contributed by atoms with Crippen LogP contribution in [-0.4, -0.2) is 33.4 Å². The van der Waals surface area contributed by atoms with Gasteiger partial charge < -0.3 is 14.8 Å². The number of fused-ring (bicyclic) bond motifs is 1. The summed E-state index contributed by atoms with van der Waals surface area (Å²) in [6.45, 7) is 3.73. The third-order valence-electron chi connectivity index (χ3n) is 5.13. The molecule has 1 fully saturated rings. The number of hydrogen-bond acceptors (Lipinski definition) is 3. The second kappa shape index (κ2) is 6.80. The van der Waals surface area contributed by atoms with E-state index in [0.29, 0.717) is 11.3 Å². The van der Waals surface area contributed by atoms with E-state index in [9.17, 15) is 0 Å². The second-order valence-electron chi connectivity index (χ2n) is 6.63. The maximum atomic E-state index is 5.87. The fraction of sp³-hybridized carbons (Fsp3) is 0.667. The minimum Gasteiger partial charge on any atom is -0.493 e. The maximum absolute atomic E-state index is 5.87. The van der Waals surface area contributed by atoms with E-state index in [1.807, 2.05) is 0 Å². The van der Waals surface area contributed by atoms with Crippen LogP contribution in [0.1, 0.15) is 43.6 Å². The first-order valence-corrected chi connectivity index (χ1v) is 8.24. The molecule has 0 spiro atoms. The van der Waals surface area contributed by atoms with Crippen molar-refractivity contribution in [3.8, 4) is 5.75 Å². The van der Waals surface area contributed by atoms with Gasteiger partial charge in [-0.2, -0.15) is 0 Å². The van der Waals surface area contributed by atoms with E-state index in [1.165, 1.54) is 37.7 Å². The number of hydrogen-bond donors (Lipinski definition) is 1. The first-order valence-electron chi connectivity index (χ1n) is 8.24. The molecule has 3 nitrogen and oxygen atoms in total. The Morgan fingerprint density at radius 3 is 2.90 bits per heavy atom. The Morgan fingerprint density at radius 1 is 1.29 bits per heavy atom. The quantitative estimate of drug-likeness (QED) is 0.781. The van der Waals surface area contributed by atoms with Crippen molar-refractivity contribution in [3.05, 3.63) is 29.8 Å². The van der Waals surface area contributed by atoms with Crippen LogP contribution in [-0.2, 0) is 4.74 Å². The van der Waals surface area contributed by atoms with Gasteiger partial charge in [-0.3, -0.25) is 0 Å². The van der Waals surface area contributed by atoms with Crippen LogP contribution in [0.15, 0.2) is 24.3 Å². The molecule has 1 aromatic carbocycles. The lowest BCUT2D eigenvalue weighted by Gasteiger charge is -2.32. The molecule has 3 rings (SSSR count). The highest BCUT2D eigenvalue weighted by molar-refractivity contribution is 5.39. The molecule has 0 radical (unpaired) electrons. The molecule has 1 atom stereocenters. The largest absolute Gasteiger partial charge is 0.493 e. The summed E-state index contributed by atoms with van der Waals surface area (Å²) in [7, 11) is 1.76. The highest BCUT2D eigenvalue weighted by Crippen LogP contribution is 2.47. The summed E-state index contributed by atoms with van der Waals surface area (Å²) in [6, 6.07) is 8.55. The summed E-state index contributed by atoms with van der Waals surface area (Å²) in [6.07, 6.45) is 6.71. The zero-order valence-electron chi connectivity index (χ0n) is 13.1. The van der Waals surface area contributed by atoms with Gasteiger partial charge in [-0.25, -0.2) is 0 Å². The molecule has 0 saturated heterocycles. The molecule has 0 amide bonds. The maximum Gasteiger partial charge on any atom is 0.122 e. The van der Waals surface area contributed by atoms with Gasteiger partial charge >= 0.3 is 0 Å². The first-order chi connectivity index (χ1) is 10.3. The van der Waals surface area contributed by atoms with Crippen molar-refractivity contribution in [1.82, 2.24) is 5.32 Å². The van der Waals surface area contributed by atoms with Gasteiger partial charge in [0.2, 0.25) is 0 Å². The van der Waals surface area contributed by atoms with E-state index in [4.69, 9.17) is 9.47 Å². The van der Waals surface area contributed by atoms with Crippen molar-refractivity contribution < 1.29 is 9.47 Å². The number of benzene rings is 1. The number of ether oxygens (including phenoxy) is 2.